The van der Waals surface area contributed by atoms with Gasteiger partial charge in [-0.1, -0.05) is 18.5 Å². The minimum Gasteiger partial charge on any atom is -0.391 e. The Bertz CT molecular complexity index is 595. The van der Waals surface area contributed by atoms with E-state index >= 15 is 0 Å². The fourth-order valence-electron chi connectivity index (χ4n) is 2.96. The molecule has 1 aliphatic carbocycles. The SMILES string of the molecule is COC1(c2noc(-c3ccc(N)s3)n2)CCCC(C)C1. The molecule has 20 heavy (non-hydrogen) atoms. The molecule has 5 nitrogen and oxygen atoms in total. The second kappa shape index (κ2) is 5.18. The fraction of sp³-hybridized carbons (Fsp3) is 0.571. The van der Waals surface area contributed by atoms with Crippen molar-refractivity contribution in [3.8, 4) is 10.8 Å². The van der Waals surface area contributed by atoms with Crippen LogP contribution >= 0.6 is 11.3 Å². The maximum absolute atomic E-state index is 5.78. The van der Waals surface area contributed by atoms with Crippen LogP contribution in [0.25, 0.3) is 10.8 Å². The molecule has 2 heterocycles. The molecule has 108 valence electrons. The highest BCUT2D eigenvalue weighted by Crippen LogP contribution is 2.42. The smallest absolute Gasteiger partial charge is 0.268 e. The standard InChI is InChI=1S/C14H19N3O2S/c1-9-4-3-7-14(8-9,18-2)13-16-12(19-17-13)10-5-6-11(15)20-10/h5-6,9H,3-4,7-8,15H2,1-2H3. The van der Waals surface area contributed by atoms with Gasteiger partial charge >= 0.3 is 0 Å². The number of methoxy groups -OCH3 is 1. The molecule has 2 unspecified atom stereocenters. The molecule has 2 N–H and O–H groups in total. The molecule has 0 bridgehead atoms. The molecule has 1 fully saturated rings. The third-order valence-electron chi connectivity index (χ3n) is 4.02. The molecule has 0 spiro atoms. The molecule has 2 atom stereocenters. The summed E-state index contributed by atoms with van der Waals surface area (Å²) in [5, 5.41) is 4.90. The zero-order valence-corrected chi connectivity index (χ0v) is 12.6. The number of rotatable bonds is 3. The van der Waals surface area contributed by atoms with E-state index in [2.05, 4.69) is 17.1 Å². The molecule has 0 radical (unpaired) electrons. The van der Waals surface area contributed by atoms with Gasteiger partial charge in [0.1, 0.15) is 5.60 Å². The second-order valence-electron chi connectivity index (χ2n) is 5.53. The van der Waals surface area contributed by atoms with Crippen LogP contribution in [-0.2, 0) is 10.3 Å². The quantitative estimate of drug-likeness (QED) is 0.938. The summed E-state index contributed by atoms with van der Waals surface area (Å²) in [4.78, 5) is 5.45. The van der Waals surface area contributed by atoms with Crippen molar-refractivity contribution in [2.24, 2.45) is 5.92 Å². The van der Waals surface area contributed by atoms with Gasteiger partial charge in [-0.05, 0) is 37.3 Å². The van der Waals surface area contributed by atoms with Gasteiger partial charge in [-0.15, -0.1) is 11.3 Å². The average molecular weight is 293 g/mol. The van der Waals surface area contributed by atoms with Gasteiger partial charge in [-0.3, -0.25) is 0 Å². The first-order chi connectivity index (χ1) is 9.63. The van der Waals surface area contributed by atoms with Crippen molar-refractivity contribution in [2.45, 2.75) is 38.2 Å². The van der Waals surface area contributed by atoms with Gasteiger partial charge in [0, 0.05) is 7.11 Å². The molecule has 6 heteroatoms. The minimum atomic E-state index is -0.401. The molecule has 3 rings (SSSR count). The van der Waals surface area contributed by atoms with Crippen LogP contribution in [0.3, 0.4) is 0 Å². The van der Waals surface area contributed by atoms with Gasteiger partial charge in [0.25, 0.3) is 5.89 Å². The summed E-state index contributed by atoms with van der Waals surface area (Å²) in [6, 6.07) is 3.75. The Morgan fingerprint density at radius 2 is 2.35 bits per heavy atom. The van der Waals surface area contributed by atoms with Crippen molar-refractivity contribution in [3.63, 3.8) is 0 Å². The number of hydrogen-bond acceptors (Lipinski definition) is 6. The van der Waals surface area contributed by atoms with Crippen LogP contribution in [0.2, 0.25) is 0 Å². The average Bonchev–Trinajstić information content (AvgIpc) is 3.07. The second-order valence-corrected chi connectivity index (χ2v) is 6.64. The minimum absolute atomic E-state index is 0.401. The Kier molecular flexibility index (Phi) is 3.52. The Morgan fingerprint density at radius 1 is 1.50 bits per heavy atom. The van der Waals surface area contributed by atoms with E-state index in [4.69, 9.17) is 15.0 Å². The molecule has 0 saturated heterocycles. The zero-order valence-electron chi connectivity index (χ0n) is 11.8. The van der Waals surface area contributed by atoms with Gasteiger partial charge in [0.15, 0.2) is 0 Å². The van der Waals surface area contributed by atoms with Gasteiger partial charge in [0.2, 0.25) is 5.82 Å². The number of nitrogens with zero attached hydrogens (tertiary/aromatic N) is 2. The number of ether oxygens (including phenoxy) is 1. The predicted molar refractivity (Wildman–Crippen MR) is 78.3 cm³/mol. The third kappa shape index (κ3) is 2.33. The summed E-state index contributed by atoms with van der Waals surface area (Å²) in [6.45, 7) is 2.24. The maximum Gasteiger partial charge on any atom is 0.268 e. The van der Waals surface area contributed by atoms with Crippen LogP contribution in [0.5, 0.6) is 0 Å². The zero-order chi connectivity index (χ0) is 14.2. The number of hydrogen-bond donors (Lipinski definition) is 1. The molecule has 2 aromatic rings. The summed E-state index contributed by atoms with van der Waals surface area (Å²) in [5.74, 6) is 1.80. The Labute approximate surface area is 122 Å². The maximum atomic E-state index is 5.78. The van der Waals surface area contributed by atoms with Crippen molar-refractivity contribution in [3.05, 3.63) is 18.0 Å². The number of anilines is 1. The van der Waals surface area contributed by atoms with Crippen molar-refractivity contribution >= 4 is 16.3 Å². The predicted octanol–water partition coefficient (Wildman–Crippen LogP) is 3.43. The van der Waals surface area contributed by atoms with Crippen LogP contribution in [0.1, 0.15) is 38.4 Å². The Balaban J connectivity index is 1.91. The van der Waals surface area contributed by atoms with Gasteiger partial charge < -0.3 is 15.0 Å². The summed E-state index contributed by atoms with van der Waals surface area (Å²) < 4.78 is 11.2. The van der Waals surface area contributed by atoms with Crippen molar-refractivity contribution in [1.82, 2.24) is 10.1 Å². The molecular weight excluding hydrogens is 274 g/mol. The van der Waals surface area contributed by atoms with Gasteiger partial charge in [0.05, 0.1) is 9.88 Å². The normalized spacial score (nSPS) is 26.8. The van der Waals surface area contributed by atoms with Crippen LogP contribution in [0.15, 0.2) is 16.7 Å². The van der Waals surface area contributed by atoms with E-state index in [1.165, 1.54) is 17.8 Å². The molecule has 1 saturated carbocycles. The molecule has 0 aliphatic heterocycles. The molecular formula is C14H19N3O2S. The highest BCUT2D eigenvalue weighted by atomic mass is 32.1. The lowest BCUT2D eigenvalue weighted by atomic mass is 9.78. The number of thiophene rings is 1. The van der Waals surface area contributed by atoms with E-state index in [9.17, 15) is 0 Å². The molecule has 0 aromatic carbocycles. The number of nitrogen functional groups attached to an aromatic ring is 1. The van der Waals surface area contributed by atoms with Crippen molar-refractivity contribution < 1.29 is 9.26 Å². The van der Waals surface area contributed by atoms with Crippen LogP contribution in [0, 0.1) is 5.92 Å². The summed E-state index contributed by atoms with van der Waals surface area (Å²) >= 11 is 1.45. The first-order valence-electron chi connectivity index (χ1n) is 6.88. The van der Waals surface area contributed by atoms with Gasteiger partial charge in [-0.25, -0.2) is 0 Å². The molecule has 0 amide bonds. The van der Waals surface area contributed by atoms with E-state index < -0.39 is 5.60 Å². The Hall–Kier alpha value is -1.40. The first-order valence-corrected chi connectivity index (χ1v) is 7.69. The topological polar surface area (TPSA) is 74.2 Å². The van der Waals surface area contributed by atoms with E-state index in [1.54, 1.807) is 7.11 Å². The fourth-order valence-corrected chi connectivity index (χ4v) is 3.66. The van der Waals surface area contributed by atoms with Crippen LogP contribution in [-0.4, -0.2) is 17.3 Å². The van der Waals surface area contributed by atoms with E-state index in [0.717, 1.165) is 29.1 Å². The van der Waals surface area contributed by atoms with E-state index in [-0.39, 0.29) is 0 Å². The molecule has 2 aromatic heterocycles. The van der Waals surface area contributed by atoms with Crippen molar-refractivity contribution in [2.75, 3.05) is 12.8 Å². The summed E-state index contributed by atoms with van der Waals surface area (Å²) in [5.41, 5.74) is 5.34. The monoisotopic (exact) mass is 293 g/mol. The summed E-state index contributed by atoms with van der Waals surface area (Å²) in [6.07, 6.45) is 4.25. The van der Waals surface area contributed by atoms with Crippen LogP contribution < -0.4 is 5.73 Å². The Morgan fingerprint density at radius 3 is 3.00 bits per heavy atom. The lowest BCUT2D eigenvalue weighted by molar-refractivity contribution is -0.0658. The van der Waals surface area contributed by atoms with Gasteiger partial charge in [-0.2, -0.15) is 4.98 Å². The lowest BCUT2D eigenvalue weighted by Gasteiger charge is -2.36. The highest BCUT2D eigenvalue weighted by molar-refractivity contribution is 7.19. The third-order valence-corrected chi connectivity index (χ3v) is 4.92. The summed E-state index contributed by atoms with van der Waals surface area (Å²) in [7, 11) is 1.73. The number of nitrogens with two attached hydrogens (primary N) is 1. The van der Waals surface area contributed by atoms with Crippen molar-refractivity contribution in [1.29, 1.82) is 0 Å². The molecule has 1 aliphatic rings. The first kappa shape index (κ1) is 13.6. The largest absolute Gasteiger partial charge is 0.391 e. The van der Waals surface area contributed by atoms with E-state index in [0.29, 0.717) is 17.6 Å². The number of aromatic nitrogens is 2. The highest BCUT2D eigenvalue weighted by Gasteiger charge is 2.41. The lowest BCUT2D eigenvalue weighted by Crippen LogP contribution is -2.35. The van der Waals surface area contributed by atoms with Crippen LogP contribution in [0.4, 0.5) is 5.00 Å². The van der Waals surface area contributed by atoms with E-state index in [1.807, 2.05) is 12.1 Å².